The van der Waals surface area contributed by atoms with E-state index >= 15 is 0 Å². The van der Waals surface area contributed by atoms with Crippen LogP contribution in [0.1, 0.15) is 30.4 Å². The van der Waals surface area contributed by atoms with Crippen LogP contribution >= 0.6 is 0 Å². The van der Waals surface area contributed by atoms with Crippen molar-refractivity contribution in [2.45, 2.75) is 26.2 Å². The van der Waals surface area contributed by atoms with Gasteiger partial charge in [0.25, 0.3) is 0 Å². The Balaban J connectivity index is 2.29. The lowest BCUT2D eigenvalue weighted by atomic mass is 10.1. The SMILES string of the molecule is CCCc1cc(NN)nc(Cc2ccccc2F)n1. The van der Waals surface area contributed by atoms with Crippen LogP contribution in [-0.2, 0) is 12.8 Å². The average molecular weight is 260 g/mol. The lowest BCUT2D eigenvalue weighted by Gasteiger charge is -2.07. The molecule has 0 fully saturated rings. The van der Waals surface area contributed by atoms with E-state index in [0.29, 0.717) is 23.6 Å². The summed E-state index contributed by atoms with van der Waals surface area (Å²) in [5.74, 6) is 6.28. The Hall–Kier alpha value is -2.01. The monoisotopic (exact) mass is 260 g/mol. The summed E-state index contributed by atoms with van der Waals surface area (Å²) in [6, 6.07) is 8.46. The molecule has 100 valence electrons. The average Bonchev–Trinajstić information content (AvgIpc) is 2.41. The number of aromatic nitrogens is 2. The third-order valence-electron chi connectivity index (χ3n) is 2.79. The van der Waals surface area contributed by atoms with Gasteiger partial charge in [0.15, 0.2) is 0 Å². The second-order valence-corrected chi connectivity index (χ2v) is 4.32. The summed E-state index contributed by atoms with van der Waals surface area (Å²) in [6.45, 7) is 2.08. The molecular weight excluding hydrogens is 243 g/mol. The minimum Gasteiger partial charge on any atom is -0.308 e. The predicted octanol–water partition coefficient (Wildman–Crippen LogP) is 2.44. The fourth-order valence-electron chi connectivity index (χ4n) is 1.90. The Morgan fingerprint density at radius 1 is 1.26 bits per heavy atom. The zero-order valence-corrected chi connectivity index (χ0v) is 10.9. The highest BCUT2D eigenvalue weighted by molar-refractivity contribution is 5.35. The van der Waals surface area contributed by atoms with E-state index in [1.807, 2.05) is 6.07 Å². The Morgan fingerprint density at radius 3 is 2.74 bits per heavy atom. The molecule has 3 N–H and O–H groups in total. The van der Waals surface area contributed by atoms with Crippen molar-refractivity contribution in [2.24, 2.45) is 5.84 Å². The molecule has 19 heavy (non-hydrogen) atoms. The highest BCUT2D eigenvalue weighted by atomic mass is 19.1. The Bertz CT molecular complexity index is 557. The first-order valence-corrected chi connectivity index (χ1v) is 6.29. The summed E-state index contributed by atoms with van der Waals surface area (Å²) in [5, 5.41) is 0. The molecule has 0 aliphatic rings. The standard InChI is InChI=1S/C14H17FN4/c1-2-5-11-9-14(19-16)18-13(17-11)8-10-6-3-4-7-12(10)15/h3-4,6-7,9H,2,5,8,16H2,1H3,(H,17,18,19). The van der Waals surface area contributed by atoms with Gasteiger partial charge in [-0.2, -0.15) is 0 Å². The van der Waals surface area contributed by atoms with Crippen LogP contribution < -0.4 is 11.3 Å². The second-order valence-electron chi connectivity index (χ2n) is 4.32. The molecule has 4 nitrogen and oxygen atoms in total. The normalized spacial score (nSPS) is 10.5. The van der Waals surface area contributed by atoms with Crippen molar-refractivity contribution in [2.75, 3.05) is 5.43 Å². The maximum absolute atomic E-state index is 13.6. The number of nitrogens with two attached hydrogens (primary N) is 1. The molecule has 0 saturated carbocycles. The fourth-order valence-corrected chi connectivity index (χ4v) is 1.90. The Kier molecular flexibility index (Phi) is 4.41. The van der Waals surface area contributed by atoms with Crippen LogP contribution in [0.2, 0.25) is 0 Å². The van der Waals surface area contributed by atoms with Crippen LogP contribution in [0.3, 0.4) is 0 Å². The highest BCUT2D eigenvalue weighted by Gasteiger charge is 2.07. The zero-order valence-electron chi connectivity index (χ0n) is 10.9. The number of benzene rings is 1. The van der Waals surface area contributed by atoms with Gasteiger partial charge in [-0.3, -0.25) is 0 Å². The number of nitrogens with zero attached hydrogens (tertiary/aromatic N) is 2. The molecule has 0 atom stereocenters. The quantitative estimate of drug-likeness (QED) is 0.640. The maximum atomic E-state index is 13.6. The van der Waals surface area contributed by atoms with Crippen molar-refractivity contribution >= 4 is 5.82 Å². The fraction of sp³-hybridized carbons (Fsp3) is 0.286. The van der Waals surface area contributed by atoms with E-state index in [9.17, 15) is 4.39 Å². The Labute approximate surface area is 111 Å². The van der Waals surface area contributed by atoms with Crippen LogP contribution in [0.25, 0.3) is 0 Å². The lowest BCUT2D eigenvalue weighted by Crippen LogP contribution is -2.12. The number of halogens is 1. The number of hydrogen-bond acceptors (Lipinski definition) is 4. The summed E-state index contributed by atoms with van der Waals surface area (Å²) in [6.07, 6.45) is 2.19. The second kappa shape index (κ2) is 6.24. The molecule has 5 heteroatoms. The van der Waals surface area contributed by atoms with E-state index in [1.54, 1.807) is 18.2 Å². The van der Waals surface area contributed by atoms with Gasteiger partial charge in [-0.05, 0) is 18.1 Å². The molecular formula is C14H17FN4. The molecule has 0 unspecified atom stereocenters. The molecule has 0 aliphatic heterocycles. The number of aryl methyl sites for hydroxylation is 1. The third kappa shape index (κ3) is 3.48. The predicted molar refractivity (Wildman–Crippen MR) is 73.0 cm³/mol. The van der Waals surface area contributed by atoms with Crippen LogP contribution in [0.4, 0.5) is 10.2 Å². The van der Waals surface area contributed by atoms with Crippen LogP contribution in [-0.4, -0.2) is 9.97 Å². The van der Waals surface area contributed by atoms with Gasteiger partial charge in [-0.15, -0.1) is 0 Å². The molecule has 0 saturated heterocycles. The molecule has 0 radical (unpaired) electrons. The first-order chi connectivity index (χ1) is 9.22. The number of nitrogens with one attached hydrogen (secondary N) is 1. The first kappa shape index (κ1) is 13.4. The molecule has 1 aromatic heterocycles. The molecule has 0 amide bonds. The van der Waals surface area contributed by atoms with Crippen LogP contribution in [0.15, 0.2) is 30.3 Å². The molecule has 1 aromatic carbocycles. The molecule has 0 aliphatic carbocycles. The third-order valence-corrected chi connectivity index (χ3v) is 2.79. The van der Waals surface area contributed by atoms with E-state index in [0.717, 1.165) is 18.5 Å². The van der Waals surface area contributed by atoms with Crippen molar-refractivity contribution < 1.29 is 4.39 Å². The number of anilines is 1. The largest absolute Gasteiger partial charge is 0.308 e. The summed E-state index contributed by atoms with van der Waals surface area (Å²) in [4.78, 5) is 8.69. The summed E-state index contributed by atoms with van der Waals surface area (Å²) in [7, 11) is 0. The Morgan fingerprint density at radius 2 is 2.05 bits per heavy atom. The van der Waals surface area contributed by atoms with Gasteiger partial charge in [0.05, 0.1) is 0 Å². The van der Waals surface area contributed by atoms with Crippen LogP contribution in [0, 0.1) is 5.82 Å². The summed E-state index contributed by atoms with van der Waals surface area (Å²) in [5.41, 5.74) is 4.02. The highest BCUT2D eigenvalue weighted by Crippen LogP contribution is 2.13. The number of rotatable bonds is 5. The summed E-state index contributed by atoms with van der Waals surface area (Å²) >= 11 is 0. The zero-order chi connectivity index (χ0) is 13.7. The number of hydrazine groups is 1. The lowest BCUT2D eigenvalue weighted by molar-refractivity contribution is 0.612. The van der Waals surface area contributed by atoms with Gasteiger partial charge in [-0.1, -0.05) is 31.5 Å². The van der Waals surface area contributed by atoms with Crippen molar-refractivity contribution in [1.29, 1.82) is 0 Å². The summed E-state index contributed by atoms with van der Waals surface area (Å²) < 4.78 is 13.6. The van der Waals surface area contributed by atoms with Gasteiger partial charge in [0.1, 0.15) is 17.5 Å². The van der Waals surface area contributed by atoms with Gasteiger partial charge in [0.2, 0.25) is 0 Å². The van der Waals surface area contributed by atoms with Crippen molar-refractivity contribution in [3.63, 3.8) is 0 Å². The van der Waals surface area contributed by atoms with Gasteiger partial charge < -0.3 is 5.43 Å². The minimum atomic E-state index is -0.241. The van der Waals surface area contributed by atoms with E-state index in [4.69, 9.17) is 5.84 Å². The number of hydrogen-bond donors (Lipinski definition) is 2. The molecule has 0 spiro atoms. The van der Waals surface area contributed by atoms with Crippen molar-refractivity contribution in [3.8, 4) is 0 Å². The van der Waals surface area contributed by atoms with E-state index in [2.05, 4.69) is 22.3 Å². The first-order valence-electron chi connectivity index (χ1n) is 6.29. The molecule has 1 heterocycles. The van der Waals surface area contributed by atoms with E-state index in [1.165, 1.54) is 6.07 Å². The maximum Gasteiger partial charge on any atom is 0.143 e. The number of nitrogen functional groups attached to an aromatic ring is 1. The molecule has 0 bridgehead atoms. The van der Waals surface area contributed by atoms with Gasteiger partial charge in [0, 0.05) is 18.2 Å². The smallest absolute Gasteiger partial charge is 0.143 e. The van der Waals surface area contributed by atoms with Crippen LogP contribution in [0.5, 0.6) is 0 Å². The topological polar surface area (TPSA) is 63.8 Å². The molecule has 2 rings (SSSR count). The van der Waals surface area contributed by atoms with Gasteiger partial charge >= 0.3 is 0 Å². The van der Waals surface area contributed by atoms with Crippen molar-refractivity contribution in [3.05, 3.63) is 53.2 Å². The van der Waals surface area contributed by atoms with Gasteiger partial charge in [-0.25, -0.2) is 20.2 Å². The molecule has 2 aromatic rings. The minimum absolute atomic E-state index is 0.241. The van der Waals surface area contributed by atoms with Crippen molar-refractivity contribution in [1.82, 2.24) is 9.97 Å². The van der Waals surface area contributed by atoms with E-state index in [-0.39, 0.29) is 5.82 Å². The van der Waals surface area contributed by atoms with E-state index < -0.39 is 0 Å².